The molecule has 0 atom stereocenters. The van der Waals surface area contributed by atoms with Crippen molar-refractivity contribution < 1.29 is 0 Å². The quantitative estimate of drug-likeness (QED) is 0.583. The molecule has 0 radical (unpaired) electrons. The Kier molecular flexibility index (Phi) is 2.82. The van der Waals surface area contributed by atoms with E-state index in [9.17, 15) is 0 Å². The summed E-state index contributed by atoms with van der Waals surface area (Å²) in [6.45, 7) is 0.777. The molecule has 0 unspecified atom stereocenters. The molecule has 0 spiro atoms. The van der Waals surface area contributed by atoms with Crippen molar-refractivity contribution in [3.8, 4) is 0 Å². The van der Waals surface area contributed by atoms with E-state index in [-0.39, 0.29) is 0 Å². The van der Waals surface area contributed by atoms with Crippen LogP contribution in [0.4, 0.5) is 5.69 Å². The van der Waals surface area contributed by atoms with Gasteiger partial charge >= 0.3 is 0 Å². The van der Waals surface area contributed by atoms with Crippen LogP contribution in [-0.2, 0) is 6.54 Å². The summed E-state index contributed by atoms with van der Waals surface area (Å²) in [4.78, 5) is 7.53. The normalized spacial score (nSPS) is 11.0. The van der Waals surface area contributed by atoms with Gasteiger partial charge in [-0.1, -0.05) is 36.4 Å². The van der Waals surface area contributed by atoms with Gasteiger partial charge in [0.05, 0.1) is 0 Å². The molecule has 2 heterocycles. The van der Waals surface area contributed by atoms with Crippen molar-refractivity contribution >= 4 is 27.5 Å². The second-order valence-electron chi connectivity index (χ2n) is 5.09. The van der Waals surface area contributed by atoms with E-state index in [1.165, 1.54) is 21.7 Å². The van der Waals surface area contributed by atoms with E-state index in [1.54, 1.807) is 6.20 Å². The molecular weight excluding hydrogens is 258 g/mol. The van der Waals surface area contributed by atoms with Gasteiger partial charge in [0.15, 0.2) is 0 Å². The summed E-state index contributed by atoms with van der Waals surface area (Å²) < 4.78 is 0. The number of nitrogens with zero attached hydrogens (tertiary/aromatic N) is 1. The first-order valence-corrected chi connectivity index (χ1v) is 7.04. The van der Waals surface area contributed by atoms with Crippen molar-refractivity contribution in [3.63, 3.8) is 0 Å². The standard InChI is InChI=1S/C18H15N3/c1-2-7-15-13(5-1)6-3-9-17(15)20-11-14-12-21-18-16(14)8-4-10-19-18/h1-10,12,20H,11H2,(H,19,21). The van der Waals surface area contributed by atoms with Gasteiger partial charge in [0.25, 0.3) is 0 Å². The molecule has 102 valence electrons. The molecule has 2 N–H and O–H groups in total. The highest BCUT2D eigenvalue weighted by Crippen LogP contribution is 2.24. The average Bonchev–Trinajstić information content (AvgIpc) is 2.96. The summed E-state index contributed by atoms with van der Waals surface area (Å²) >= 11 is 0. The molecule has 3 heteroatoms. The van der Waals surface area contributed by atoms with Gasteiger partial charge in [-0.2, -0.15) is 0 Å². The van der Waals surface area contributed by atoms with E-state index < -0.39 is 0 Å². The number of fused-ring (bicyclic) bond motifs is 2. The highest BCUT2D eigenvalue weighted by Gasteiger charge is 2.05. The Bertz CT molecular complexity index is 903. The zero-order valence-electron chi connectivity index (χ0n) is 11.5. The number of aromatic nitrogens is 2. The van der Waals surface area contributed by atoms with Gasteiger partial charge in [-0.25, -0.2) is 4.98 Å². The number of anilines is 1. The molecule has 21 heavy (non-hydrogen) atoms. The van der Waals surface area contributed by atoms with E-state index in [2.05, 4.69) is 63.8 Å². The van der Waals surface area contributed by atoms with Gasteiger partial charge in [0.2, 0.25) is 0 Å². The van der Waals surface area contributed by atoms with Crippen LogP contribution in [0.3, 0.4) is 0 Å². The maximum absolute atomic E-state index is 4.32. The van der Waals surface area contributed by atoms with Crippen LogP contribution in [0, 0.1) is 0 Å². The van der Waals surface area contributed by atoms with E-state index in [4.69, 9.17) is 0 Å². The topological polar surface area (TPSA) is 40.7 Å². The molecule has 4 rings (SSSR count). The zero-order valence-corrected chi connectivity index (χ0v) is 11.5. The van der Waals surface area contributed by atoms with Crippen LogP contribution < -0.4 is 5.32 Å². The number of hydrogen-bond acceptors (Lipinski definition) is 2. The highest BCUT2D eigenvalue weighted by molar-refractivity contribution is 5.94. The summed E-state index contributed by atoms with van der Waals surface area (Å²) in [5, 5.41) is 7.21. The highest BCUT2D eigenvalue weighted by atomic mass is 14.9. The van der Waals surface area contributed by atoms with Gasteiger partial charge in [-0.3, -0.25) is 0 Å². The van der Waals surface area contributed by atoms with Crippen LogP contribution in [0.2, 0.25) is 0 Å². The molecule has 0 bridgehead atoms. The largest absolute Gasteiger partial charge is 0.380 e. The van der Waals surface area contributed by atoms with Gasteiger partial charge in [0.1, 0.15) is 5.65 Å². The number of hydrogen-bond donors (Lipinski definition) is 2. The number of rotatable bonds is 3. The maximum Gasteiger partial charge on any atom is 0.137 e. The average molecular weight is 273 g/mol. The lowest BCUT2D eigenvalue weighted by Crippen LogP contribution is -1.99. The first-order chi connectivity index (χ1) is 10.4. The van der Waals surface area contributed by atoms with E-state index in [0.717, 1.165) is 17.9 Å². The van der Waals surface area contributed by atoms with E-state index >= 15 is 0 Å². The summed E-state index contributed by atoms with van der Waals surface area (Å²) in [5.74, 6) is 0. The van der Waals surface area contributed by atoms with Crippen LogP contribution in [-0.4, -0.2) is 9.97 Å². The summed E-state index contributed by atoms with van der Waals surface area (Å²) in [5.41, 5.74) is 3.32. The molecule has 0 aliphatic carbocycles. The molecular formula is C18H15N3. The molecule has 2 aromatic carbocycles. The molecule has 3 nitrogen and oxygen atoms in total. The second-order valence-corrected chi connectivity index (χ2v) is 5.09. The summed E-state index contributed by atoms with van der Waals surface area (Å²) in [6.07, 6.45) is 3.83. The van der Waals surface area contributed by atoms with Crippen LogP contribution in [0.25, 0.3) is 21.8 Å². The lowest BCUT2D eigenvalue weighted by atomic mass is 10.1. The number of aromatic amines is 1. The van der Waals surface area contributed by atoms with Crippen LogP contribution >= 0.6 is 0 Å². The zero-order chi connectivity index (χ0) is 14.1. The molecule has 2 aromatic heterocycles. The number of nitrogens with one attached hydrogen (secondary N) is 2. The second kappa shape index (κ2) is 4.94. The Hall–Kier alpha value is -2.81. The minimum Gasteiger partial charge on any atom is -0.380 e. The van der Waals surface area contributed by atoms with Crippen molar-refractivity contribution in [1.82, 2.24) is 9.97 Å². The van der Waals surface area contributed by atoms with Gasteiger partial charge in [-0.05, 0) is 29.1 Å². The summed E-state index contributed by atoms with van der Waals surface area (Å²) in [7, 11) is 0. The summed E-state index contributed by atoms with van der Waals surface area (Å²) in [6, 6.07) is 18.8. The minimum absolute atomic E-state index is 0.777. The fourth-order valence-electron chi connectivity index (χ4n) is 2.73. The lowest BCUT2D eigenvalue weighted by molar-refractivity contribution is 1.17. The van der Waals surface area contributed by atoms with Gasteiger partial charge < -0.3 is 10.3 Å². The Morgan fingerprint density at radius 3 is 2.76 bits per heavy atom. The minimum atomic E-state index is 0.777. The Morgan fingerprint density at radius 1 is 0.905 bits per heavy atom. The third-order valence-electron chi connectivity index (χ3n) is 3.80. The molecule has 0 amide bonds. The first kappa shape index (κ1) is 12.0. The maximum atomic E-state index is 4.32. The predicted molar refractivity (Wildman–Crippen MR) is 87.4 cm³/mol. The van der Waals surface area contributed by atoms with Crippen molar-refractivity contribution in [2.45, 2.75) is 6.54 Å². The number of benzene rings is 2. The molecule has 0 aliphatic heterocycles. The van der Waals surface area contributed by atoms with Crippen LogP contribution in [0.15, 0.2) is 67.0 Å². The first-order valence-electron chi connectivity index (χ1n) is 7.04. The third kappa shape index (κ3) is 2.13. The Morgan fingerprint density at radius 2 is 1.76 bits per heavy atom. The lowest BCUT2D eigenvalue weighted by Gasteiger charge is -2.09. The van der Waals surface area contributed by atoms with Crippen LogP contribution in [0.1, 0.15) is 5.56 Å². The van der Waals surface area contributed by atoms with Crippen LogP contribution in [0.5, 0.6) is 0 Å². The Labute approximate surface area is 122 Å². The fourth-order valence-corrected chi connectivity index (χ4v) is 2.73. The number of pyridine rings is 1. The molecule has 4 aromatic rings. The van der Waals surface area contributed by atoms with Crippen molar-refractivity contribution in [2.24, 2.45) is 0 Å². The van der Waals surface area contributed by atoms with Crippen molar-refractivity contribution in [1.29, 1.82) is 0 Å². The smallest absolute Gasteiger partial charge is 0.137 e. The monoisotopic (exact) mass is 273 g/mol. The van der Waals surface area contributed by atoms with Gasteiger partial charge in [0, 0.05) is 35.4 Å². The fraction of sp³-hybridized carbons (Fsp3) is 0.0556. The number of H-pyrrole nitrogens is 1. The SMILES string of the molecule is c1ccc2c(NCc3c[nH]c4ncccc34)cccc2c1. The molecule has 0 fully saturated rings. The van der Waals surface area contributed by atoms with E-state index in [0.29, 0.717) is 0 Å². The van der Waals surface area contributed by atoms with E-state index in [1.807, 2.05) is 12.3 Å². The van der Waals surface area contributed by atoms with Gasteiger partial charge in [-0.15, -0.1) is 0 Å². The molecule has 0 saturated heterocycles. The Balaban J connectivity index is 1.67. The molecule has 0 aliphatic rings. The predicted octanol–water partition coefficient (Wildman–Crippen LogP) is 4.33. The van der Waals surface area contributed by atoms with Crippen molar-refractivity contribution in [2.75, 3.05) is 5.32 Å². The molecule has 0 saturated carbocycles. The third-order valence-corrected chi connectivity index (χ3v) is 3.80. The van der Waals surface area contributed by atoms with Crippen molar-refractivity contribution in [3.05, 3.63) is 72.6 Å².